The van der Waals surface area contributed by atoms with Crippen LogP contribution >= 0.6 is 0 Å². The number of Topliss-reactive ketones (excluding diaryl/α,β-unsaturated/α-hetero) is 1. The number of hydrogen-bond acceptors (Lipinski definition) is 6. The predicted octanol–water partition coefficient (Wildman–Crippen LogP) is 9.87. The van der Waals surface area contributed by atoms with Crippen molar-refractivity contribution in [1.82, 2.24) is 5.01 Å². The number of amides is 2. The van der Waals surface area contributed by atoms with Crippen molar-refractivity contribution >= 4 is 40.3 Å². The van der Waals surface area contributed by atoms with Gasteiger partial charge in [-0.2, -0.15) is 5.10 Å². The average molecular weight is 733 g/mol. The van der Waals surface area contributed by atoms with E-state index in [2.05, 4.69) is 29.2 Å². The average Bonchev–Trinajstić information content (AvgIpc) is 3.83. The Hall–Kier alpha value is -2.90. The molecule has 1 aromatic rings. The molecule has 2 N–H and O–H groups in total. The molecule has 8 nitrogen and oxygen atoms in total. The second kappa shape index (κ2) is 19.1. The first kappa shape index (κ1) is 45.1. The molecule has 0 aromatic heterocycles. The molecule has 0 radical (unpaired) electrons. The Labute approximate surface area is 314 Å². The van der Waals surface area contributed by atoms with Crippen LogP contribution in [-0.2, 0) is 31.5 Å². The summed E-state index contributed by atoms with van der Waals surface area (Å²) >= 11 is 0. The van der Waals surface area contributed by atoms with Crippen LogP contribution in [0.15, 0.2) is 40.2 Å². The largest absolute Gasteiger partial charge is 2.00 e. The van der Waals surface area contributed by atoms with Gasteiger partial charge in [-0.1, -0.05) is 78.6 Å². The van der Waals surface area contributed by atoms with Crippen molar-refractivity contribution < 1.29 is 36.6 Å². The molecule has 1 aromatic carbocycles. The first-order valence-electron chi connectivity index (χ1n) is 18.1. The molecular weight excluding hydrogens is 668 g/mol. The van der Waals surface area contributed by atoms with Gasteiger partial charge in [-0.05, 0) is 78.0 Å². The van der Waals surface area contributed by atoms with Gasteiger partial charge in [-0.3, -0.25) is 14.4 Å². The van der Waals surface area contributed by atoms with Crippen molar-refractivity contribution in [3.05, 3.63) is 55.5 Å². The Bertz CT molecular complexity index is 1430. The number of aliphatic hydroxyl groups excluding tert-OH is 1. The number of benzene rings is 1. The number of carbonyl (C=O) groups excluding carboxylic acids is 3. The van der Waals surface area contributed by atoms with Crippen LogP contribution in [0.25, 0.3) is 5.57 Å². The van der Waals surface area contributed by atoms with Crippen molar-refractivity contribution in [3.63, 3.8) is 0 Å². The van der Waals surface area contributed by atoms with Crippen LogP contribution < -0.4 is 10.2 Å². The molecule has 2 fully saturated rings. The number of hydrogen-bond donors (Lipinski definition) is 2. The summed E-state index contributed by atoms with van der Waals surface area (Å²) in [5.41, 5.74) is 1.57. The summed E-state index contributed by atoms with van der Waals surface area (Å²) < 4.78 is 0. The Balaban J connectivity index is 0.00000143. The van der Waals surface area contributed by atoms with Crippen LogP contribution in [0.3, 0.4) is 0 Å². The SMILES string of the molecule is C1CCCC1.CCN(CC)c1ccc(C2=C(O)C(=C3C(=O)N(C(C)(C)C)N=C3CCC3CCCC3)C2=O)c(NC(=O)C(C)(C)CC)c1.[CH3-].[CH3-].[Fe+2]. The summed E-state index contributed by atoms with van der Waals surface area (Å²) in [5.74, 6) is -0.540. The van der Waals surface area contributed by atoms with Gasteiger partial charge in [0.2, 0.25) is 11.7 Å². The molecule has 0 saturated heterocycles. The molecule has 1 aliphatic heterocycles. The predicted molar refractivity (Wildman–Crippen MR) is 205 cm³/mol. The van der Waals surface area contributed by atoms with E-state index in [9.17, 15) is 19.5 Å². The number of hydrazone groups is 1. The summed E-state index contributed by atoms with van der Waals surface area (Å²) in [6.07, 6.45) is 14.4. The Morgan fingerprint density at radius 2 is 1.46 bits per heavy atom. The van der Waals surface area contributed by atoms with Gasteiger partial charge in [-0.25, -0.2) is 5.01 Å². The number of anilines is 2. The zero-order valence-corrected chi connectivity index (χ0v) is 33.7. The van der Waals surface area contributed by atoms with E-state index >= 15 is 0 Å². The number of nitrogens with one attached hydrogen (secondary N) is 1. The molecule has 0 atom stereocenters. The minimum atomic E-state index is -0.618. The number of carbonyl (C=O) groups is 3. The number of nitrogens with zero attached hydrogens (tertiary/aromatic N) is 3. The van der Waals surface area contributed by atoms with Gasteiger partial charge in [0, 0.05) is 29.8 Å². The summed E-state index contributed by atoms with van der Waals surface area (Å²) in [4.78, 5) is 42.9. The van der Waals surface area contributed by atoms with Gasteiger partial charge in [-0.15, -0.1) is 0 Å². The number of ketones is 1. The van der Waals surface area contributed by atoms with Crippen molar-refractivity contribution in [2.24, 2.45) is 16.4 Å². The fraction of sp³-hybridized carbons (Fsp3) is 0.610. The molecule has 9 heteroatoms. The quantitative estimate of drug-likeness (QED) is 0.142. The standard InChI is InChI=1S/C34H48N4O4.C5H10.2CH3.Fe/c1-9-34(7,8)32(42)35-25-20-22(37(10-2)11-3)17-18-23(25)26-29(39)28(30(26)40)27-24(19-16-21-14-12-13-15-21)36-38(31(27)41)33(4,5)6;1-2-4-5-3-1;;;/h17-18,20-21,39H,9-16,19H2,1-8H3,(H,35,42);1-5H2;2*1H3;/q;;2*-1;+2. The zero-order valence-electron chi connectivity index (χ0n) is 32.6. The van der Waals surface area contributed by atoms with E-state index in [1.165, 1.54) is 62.8 Å². The van der Waals surface area contributed by atoms with E-state index in [1.54, 1.807) is 6.07 Å². The third-order valence-corrected chi connectivity index (χ3v) is 10.4. The van der Waals surface area contributed by atoms with Crippen LogP contribution in [-0.4, -0.2) is 52.1 Å². The van der Waals surface area contributed by atoms with Gasteiger partial charge >= 0.3 is 17.1 Å². The van der Waals surface area contributed by atoms with Gasteiger partial charge in [0.25, 0.3) is 5.91 Å². The van der Waals surface area contributed by atoms with Crippen LogP contribution in [0.5, 0.6) is 0 Å². The maximum absolute atomic E-state index is 13.9. The monoisotopic (exact) mass is 732 g/mol. The third-order valence-electron chi connectivity index (χ3n) is 10.4. The van der Waals surface area contributed by atoms with E-state index in [0.29, 0.717) is 35.7 Å². The van der Waals surface area contributed by atoms with Crippen molar-refractivity contribution in [2.75, 3.05) is 23.3 Å². The minimum Gasteiger partial charge on any atom is -0.506 e. The van der Waals surface area contributed by atoms with Crippen molar-refractivity contribution in [2.45, 2.75) is 138 Å². The summed E-state index contributed by atoms with van der Waals surface area (Å²) in [6, 6.07) is 5.54. The third kappa shape index (κ3) is 9.91. The van der Waals surface area contributed by atoms with Crippen molar-refractivity contribution in [3.8, 4) is 0 Å². The molecule has 3 aliphatic carbocycles. The van der Waals surface area contributed by atoms with Gasteiger partial charge in [0.1, 0.15) is 5.76 Å². The maximum Gasteiger partial charge on any atom is 2.00 e. The van der Waals surface area contributed by atoms with Crippen LogP contribution in [0.1, 0.15) is 138 Å². The fourth-order valence-corrected chi connectivity index (χ4v) is 6.83. The second-order valence-electron chi connectivity index (χ2n) is 15.2. The fourth-order valence-electron chi connectivity index (χ4n) is 6.83. The molecule has 280 valence electrons. The summed E-state index contributed by atoms with van der Waals surface area (Å²) in [6.45, 7) is 17.1. The summed E-state index contributed by atoms with van der Waals surface area (Å²) in [7, 11) is 0. The molecule has 0 unspecified atom stereocenters. The molecular formula is C41H64FeN4O4. The number of aliphatic hydroxyl groups is 1. The number of allylic oxidation sites excluding steroid dienone is 2. The smallest absolute Gasteiger partial charge is 0.506 e. The second-order valence-corrected chi connectivity index (χ2v) is 15.2. The van der Waals surface area contributed by atoms with Gasteiger partial charge in [0.05, 0.1) is 33.7 Å². The minimum absolute atomic E-state index is 0. The molecule has 1 heterocycles. The topological polar surface area (TPSA) is 102 Å². The van der Waals surface area contributed by atoms with E-state index in [1.807, 2.05) is 53.7 Å². The zero-order chi connectivity index (χ0) is 34.5. The molecule has 4 aliphatic rings. The molecule has 0 spiro atoms. The normalized spacial score (nSPS) is 19.1. The molecule has 2 amide bonds. The Morgan fingerprint density at radius 1 is 0.900 bits per heavy atom. The first-order valence-corrected chi connectivity index (χ1v) is 18.1. The van der Waals surface area contributed by atoms with Crippen LogP contribution in [0.4, 0.5) is 11.4 Å². The van der Waals surface area contributed by atoms with E-state index in [4.69, 9.17) is 0 Å². The molecule has 0 bridgehead atoms. The van der Waals surface area contributed by atoms with Crippen LogP contribution in [0, 0.1) is 26.2 Å². The first-order chi connectivity index (χ1) is 22.2. The molecule has 2 saturated carbocycles. The van der Waals surface area contributed by atoms with E-state index in [-0.39, 0.29) is 66.2 Å². The van der Waals surface area contributed by atoms with E-state index in [0.717, 1.165) is 25.2 Å². The van der Waals surface area contributed by atoms with Gasteiger partial charge < -0.3 is 30.2 Å². The Morgan fingerprint density at radius 3 is 1.94 bits per heavy atom. The molecule has 5 rings (SSSR count). The van der Waals surface area contributed by atoms with Crippen molar-refractivity contribution in [1.29, 1.82) is 0 Å². The summed E-state index contributed by atoms with van der Waals surface area (Å²) in [5, 5.41) is 20.6. The Kier molecular flexibility index (Phi) is 17.2. The number of rotatable bonds is 10. The molecule has 50 heavy (non-hydrogen) atoms. The van der Waals surface area contributed by atoms with Crippen LogP contribution in [0.2, 0.25) is 0 Å². The van der Waals surface area contributed by atoms with Gasteiger partial charge in [0.15, 0.2) is 0 Å². The van der Waals surface area contributed by atoms with E-state index < -0.39 is 16.7 Å². The maximum atomic E-state index is 13.9.